The largest absolute Gasteiger partial charge is 0.354 e. The van der Waals surface area contributed by atoms with Crippen molar-refractivity contribution in [1.82, 2.24) is 5.32 Å². The molecule has 1 rings (SSSR count). The van der Waals surface area contributed by atoms with Crippen molar-refractivity contribution in [2.75, 3.05) is 6.54 Å². The maximum atomic E-state index is 11.5. The molecule has 0 saturated heterocycles. The van der Waals surface area contributed by atoms with Crippen molar-refractivity contribution >= 4 is 52.2 Å². The summed E-state index contributed by atoms with van der Waals surface area (Å²) in [7, 11) is 0. The van der Waals surface area contributed by atoms with Crippen molar-refractivity contribution in [1.29, 1.82) is 0 Å². The highest BCUT2D eigenvalue weighted by molar-refractivity contribution is 14.1. The molecule has 0 bridgehead atoms. The number of hydrogen-bond acceptors (Lipinski definition) is 3. The fourth-order valence-electron chi connectivity index (χ4n) is 1.37. The first-order chi connectivity index (χ1) is 7.63. The van der Waals surface area contributed by atoms with Gasteiger partial charge in [0, 0.05) is 11.4 Å². The maximum absolute atomic E-state index is 11.5. The molecule has 6 heteroatoms. The number of halogens is 2. The Hall–Kier alpha value is 0.150. The number of amides is 1. The first-order valence-corrected chi connectivity index (χ1v) is 7.30. The molecule has 1 aromatic rings. The molecule has 17 heavy (non-hydrogen) atoms. The summed E-state index contributed by atoms with van der Waals surface area (Å²) in [5.74, 6) is -0.0342. The van der Waals surface area contributed by atoms with E-state index in [4.69, 9.17) is 5.73 Å². The van der Waals surface area contributed by atoms with Crippen LogP contribution in [-0.4, -0.2) is 18.5 Å². The van der Waals surface area contributed by atoms with Gasteiger partial charge in [-0.1, -0.05) is 13.3 Å². The fourth-order valence-corrected chi connectivity index (χ4v) is 3.12. The molecule has 0 aromatic carbocycles. The van der Waals surface area contributed by atoms with E-state index in [1.807, 2.05) is 6.92 Å². The molecular formula is C11H18ClIN2OS. The van der Waals surface area contributed by atoms with E-state index in [1.54, 1.807) is 11.3 Å². The molecule has 98 valence electrons. The lowest BCUT2D eigenvalue weighted by atomic mass is 10.1. The zero-order chi connectivity index (χ0) is 12.0. The van der Waals surface area contributed by atoms with Crippen LogP contribution in [0.1, 0.15) is 24.6 Å². The highest BCUT2D eigenvalue weighted by Gasteiger charge is 2.11. The van der Waals surface area contributed by atoms with E-state index in [0.717, 1.165) is 19.3 Å². The Balaban J connectivity index is 0.00000256. The monoisotopic (exact) mass is 388 g/mol. The van der Waals surface area contributed by atoms with Gasteiger partial charge in [0.05, 0.1) is 8.93 Å². The third-order valence-electron chi connectivity index (χ3n) is 2.24. The van der Waals surface area contributed by atoms with Crippen LogP contribution in [0.3, 0.4) is 0 Å². The summed E-state index contributed by atoms with van der Waals surface area (Å²) in [5, 5.41) is 2.87. The van der Waals surface area contributed by atoms with Crippen molar-refractivity contribution in [2.24, 2.45) is 5.73 Å². The van der Waals surface area contributed by atoms with E-state index in [9.17, 15) is 4.79 Å². The predicted octanol–water partition coefficient (Wildman–Crippen LogP) is 2.56. The van der Waals surface area contributed by atoms with Gasteiger partial charge in [-0.05, 0) is 47.6 Å². The van der Waals surface area contributed by atoms with Crippen molar-refractivity contribution in [3.05, 3.63) is 19.9 Å². The van der Waals surface area contributed by atoms with Crippen LogP contribution in [0.15, 0.2) is 12.1 Å². The molecule has 0 radical (unpaired) electrons. The average molecular weight is 389 g/mol. The van der Waals surface area contributed by atoms with E-state index in [2.05, 4.69) is 40.0 Å². The van der Waals surface area contributed by atoms with Crippen molar-refractivity contribution in [3.63, 3.8) is 0 Å². The van der Waals surface area contributed by atoms with Crippen LogP contribution in [0, 0.1) is 2.88 Å². The van der Waals surface area contributed by atoms with E-state index in [-0.39, 0.29) is 24.4 Å². The SMILES string of the molecule is CCCC(N)C(=O)NCCc1ccc(I)s1.Cl. The number of hydrogen-bond donors (Lipinski definition) is 2. The summed E-state index contributed by atoms with van der Waals surface area (Å²) in [6.07, 6.45) is 2.58. The maximum Gasteiger partial charge on any atom is 0.236 e. The van der Waals surface area contributed by atoms with Crippen molar-refractivity contribution in [2.45, 2.75) is 32.2 Å². The minimum Gasteiger partial charge on any atom is -0.354 e. The predicted molar refractivity (Wildman–Crippen MR) is 83.9 cm³/mol. The van der Waals surface area contributed by atoms with Gasteiger partial charge in [0.15, 0.2) is 0 Å². The van der Waals surface area contributed by atoms with Gasteiger partial charge in [-0.3, -0.25) is 4.79 Å². The van der Waals surface area contributed by atoms with Gasteiger partial charge in [0.25, 0.3) is 0 Å². The number of nitrogens with one attached hydrogen (secondary N) is 1. The van der Waals surface area contributed by atoms with Crippen LogP contribution in [0.25, 0.3) is 0 Å². The number of thiophene rings is 1. The molecule has 0 saturated carbocycles. The van der Waals surface area contributed by atoms with E-state index >= 15 is 0 Å². The van der Waals surface area contributed by atoms with Gasteiger partial charge >= 0.3 is 0 Å². The number of carbonyl (C=O) groups excluding carboxylic acids is 1. The molecule has 0 aliphatic carbocycles. The van der Waals surface area contributed by atoms with Crippen molar-refractivity contribution < 1.29 is 4.79 Å². The van der Waals surface area contributed by atoms with Crippen LogP contribution < -0.4 is 11.1 Å². The first kappa shape index (κ1) is 17.2. The summed E-state index contributed by atoms with van der Waals surface area (Å²) in [5.41, 5.74) is 5.70. The van der Waals surface area contributed by atoms with Gasteiger partial charge in [0.1, 0.15) is 0 Å². The van der Waals surface area contributed by atoms with E-state index < -0.39 is 0 Å². The molecule has 1 heterocycles. The summed E-state index contributed by atoms with van der Waals surface area (Å²) in [6, 6.07) is 3.84. The Morgan fingerprint density at radius 3 is 2.82 bits per heavy atom. The zero-order valence-corrected chi connectivity index (χ0v) is 13.5. The van der Waals surface area contributed by atoms with Gasteiger partial charge in [0.2, 0.25) is 5.91 Å². The normalized spacial score (nSPS) is 11.7. The third-order valence-corrected chi connectivity index (χ3v) is 4.19. The lowest BCUT2D eigenvalue weighted by Crippen LogP contribution is -2.41. The Morgan fingerprint density at radius 2 is 2.29 bits per heavy atom. The smallest absolute Gasteiger partial charge is 0.236 e. The van der Waals surface area contributed by atoms with Gasteiger partial charge in [-0.25, -0.2) is 0 Å². The molecule has 0 spiro atoms. The average Bonchev–Trinajstić information content (AvgIpc) is 2.64. The molecule has 1 unspecified atom stereocenters. The standard InChI is InChI=1S/C11H17IN2OS.ClH/c1-2-3-9(13)11(15)14-7-6-8-4-5-10(12)16-8;/h4-5,9H,2-3,6-7,13H2,1H3,(H,14,15);1H. The summed E-state index contributed by atoms with van der Waals surface area (Å²) < 4.78 is 1.28. The molecule has 0 fully saturated rings. The molecule has 1 aromatic heterocycles. The fraction of sp³-hybridized carbons (Fsp3) is 0.545. The lowest BCUT2D eigenvalue weighted by Gasteiger charge is -2.10. The van der Waals surface area contributed by atoms with Crippen LogP contribution in [-0.2, 0) is 11.2 Å². The minimum atomic E-state index is -0.353. The molecule has 0 aliphatic rings. The molecule has 0 aliphatic heterocycles. The Morgan fingerprint density at radius 1 is 1.59 bits per heavy atom. The first-order valence-electron chi connectivity index (χ1n) is 5.41. The quantitative estimate of drug-likeness (QED) is 0.736. The van der Waals surface area contributed by atoms with E-state index in [1.165, 1.54) is 7.76 Å². The van der Waals surface area contributed by atoms with E-state index in [0.29, 0.717) is 6.54 Å². The van der Waals surface area contributed by atoms with Crippen molar-refractivity contribution in [3.8, 4) is 0 Å². The molecular weight excluding hydrogens is 371 g/mol. The van der Waals surface area contributed by atoms with Crippen LogP contribution in [0.2, 0.25) is 0 Å². The second-order valence-corrected chi connectivity index (χ2v) is 6.70. The summed E-state index contributed by atoms with van der Waals surface area (Å²) in [4.78, 5) is 12.8. The summed E-state index contributed by atoms with van der Waals surface area (Å²) >= 11 is 4.06. The minimum absolute atomic E-state index is 0. The highest BCUT2D eigenvalue weighted by atomic mass is 127. The zero-order valence-electron chi connectivity index (χ0n) is 9.74. The van der Waals surface area contributed by atoms with Gasteiger partial charge < -0.3 is 11.1 Å². The molecule has 1 atom stereocenters. The van der Waals surface area contributed by atoms with Crippen LogP contribution in [0.4, 0.5) is 0 Å². The number of rotatable bonds is 6. The molecule has 3 N–H and O–H groups in total. The second kappa shape index (κ2) is 9.13. The molecule has 3 nitrogen and oxygen atoms in total. The number of carbonyl (C=O) groups is 1. The van der Waals surface area contributed by atoms with Crippen LogP contribution in [0.5, 0.6) is 0 Å². The Labute approximate surface area is 126 Å². The Bertz CT molecular complexity index is 346. The highest BCUT2D eigenvalue weighted by Crippen LogP contribution is 2.18. The topological polar surface area (TPSA) is 55.1 Å². The lowest BCUT2D eigenvalue weighted by molar-refractivity contribution is -0.122. The third kappa shape index (κ3) is 6.59. The van der Waals surface area contributed by atoms with Gasteiger partial charge in [-0.15, -0.1) is 23.7 Å². The second-order valence-electron chi connectivity index (χ2n) is 3.64. The summed E-state index contributed by atoms with van der Waals surface area (Å²) in [6.45, 7) is 2.70. The van der Waals surface area contributed by atoms with Gasteiger partial charge in [-0.2, -0.15) is 0 Å². The number of nitrogens with two attached hydrogens (primary N) is 1. The molecule has 1 amide bonds. The van der Waals surface area contributed by atoms with Crippen LogP contribution >= 0.6 is 46.3 Å². The Kier molecular flexibility index (Phi) is 9.21.